The second-order valence-electron chi connectivity index (χ2n) is 13.2. The zero-order valence-corrected chi connectivity index (χ0v) is 28.6. The third kappa shape index (κ3) is 4.71. The molecule has 242 valence electrons. The van der Waals surface area contributed by atoms with Crippen LogP contribution in [0, 0.1) is 0 Å². The average molecular weight is 682 g/mol. The van der Waals surface area contributed by atoms with Crippen LogP contribution in [-0.4, -0.2) is 15.0 Å². The van der Waals surface area contributed by atoms with Crippen molar-refractivity contribution < 1.29 is 4.42 Å². The van der Waals surface area contributed by atoms with Gasteiger partial charge in [0, 0.05) is 47.6 Å². The van der Waals surface area contributed by atoms with Gasteiger partial charge in [-0.25, -0.2) is 15.0 Å². The van der Waals surface area contributed by atoms with Gasteiger partial charge in [-0.15, -0.1) is 11.3 Å². The Bertz CT molecular complexity index is 3210. The summed E-state index contributed by atoms with van der Waals surface area (Å²) in [5.74, 6) is 1.89. The van der Waals surface area contributed by atoms with Gasteiger partial charge < -0.3 is 4.42 Å². The zero-order valence-electron chi connectivity index (χ0n) is 27.7. The summed E-state index contributed by atoms with van der Waals surface area (Å²) in [6.07, 6.45) is 0. The molecular formula is C47H27N3OS. The lowest BCUT2D eigenvalue weighted by Crippen LogP contribution is -2.01. The molecule has 0 aliphatic carbocycles. The van der Waals surface area contributed by atoms with Crippen molar-refractivity contribution in [2.75, 3.05) is 0 Å². The lowest BCUT2D eigenvalue weighted by Gasteiger charge is -2.12. The van der Waals surface area contributed by atoms with Crippen LogP contribution in [-0.2, 0) is 0 Å². The summed E-state index contributed by atoms with van der Waals surface area (Å²) in [7, 11) is 0. The predicted molar refractivity (Wildman–Crippen MR) is 217 cm³/mol. The lowest BCUT2D eigenvalue weighted by molar-refractivity contribution is 0.669. The van der Waals surface area contributed by atoms with E-state index in [-0.39, 0.29) is 0 Å². The molecule has 0 saturated carbocycles. The van der Waals surface area contributed by atoms with E-state index in [4.69, 9.17) is 19.4 Å². The molecule has 0 aliphatic rings. The van der Waals surface area contributed by atoms with Crippen LogP contribution in [0.25, 0.3) is 109 Å². The number of furan rings is 1. The number of rotatable bonds is 4. The number of para-hydroxylation sites is 1. The van der Waals surface area contributed by atoms with E-state index in [1.807, 2.05) is 35.6 Å². The Labute approximate surface area is 302 Å². The van der Waals surface area contributed by atoms with E-state index in [1.54, 1.807) is 0 Å². The van der Waals surface area contributed by atoms with Crippen LogP contribution < -0.4 is 0 Å². The summed E-state index contributed by atoms with van der Waals surface area (Å²) in [6, 6.07) is 57.6. The highest BCUT2D eigenvalue weighted by molar-refractivity contribution is 7.26. The van der Waals surface area contributed by atoms with Gasteiger partial charge >= 0.3 is 0 Å². The first-order valence-corrected chi connectivity index (χ1v) is 18.2. The van der Waals surface area contributed by atoms with E-state index >= 15 is 0 Å². The molecular weight excluding hydrogens is 655 g/mol. The summed E-state index contributed by atoms with van der Waals surface area (Å²) < 4.78 is 8.61. The highest BCUT2D eigenvalue weighted by Crippen LogP contribution is 2.43. The molecule has 11 aromatic rings. The van der Waals surface area contributed by atoms with E-state index in [0.29, 0.717) is 17.5 Å². The maximum absolute atomic E-state index is 6.18. The fourth-order valence-corrected chi connectivity index (χ4v) is 8.69. The van der Waals surface area contributed by atoms with Crippen LogP contribution in [0.2, 0.25) is 0 Å². The number of hydrogen-bond donors (Lipinski definition) is 0. The SMILES string of the molecule is c1ccc2cc(-c3cc(-c4nc(-c5ccc6ccccc6c5)nc(-c5ccc6oc7ccccc7c6c5)n4)c4c(c3)sc3ccccc34)ccc2c1. The molecule has 5 heteroatoms. The number of fused-ring (bicyclic) bond motifs is 8. The minimum absolute atomic E-state index is 0.615. The van der Waals surface area contributed by atoms with Crippen LogP contribution >= 0.6 is 11.3 Å². The maximum atomic E-state index is 6.18. The average Bonchev–Trinajstić information content (AvgIpc) is 3.78. The van der Waals surface area contributed by atoms with Gasteiger partial charge in [0.05, 0.1) is 0 Å². The van der Waals surface area contributed by atoms with E-state index in [2.05, 4.69) is 140 Å². The number of aromatic nitrogens is 3. The molecule has 0 spiro atoms. The summed E-state index contributed by atoms with van der Waals surface area (Å²) in [6.45, 7) is 0. The van der Waals surface area contributed by atoms with Gasteiger partial charge in [-0.1, -0.05) is 109 Å². The first kappa shape index (κ1) is 29.1. The van der Waals surface area contributed by atoms with Gasteiger partial charge in [0.2, 0.25) is 0 Å². The highest BCUT2D eigenvalue weighted by atomic mass is 32.1. The van der Waals surface area contributed by atoms with Crippen molar-refractivity contribution in [2.24, 2.45) is 0 Å². The van der Waals surface area contributed by atoms with Gasteiger partial charge in [0.25, 0.3) is 0 Å². The molecule has 52 heavy (non-hydrogen) atoms. The third-order valence-electron chi connectivity index (χ3n) is 10.1. The van der Waals surface area contributed by atoms with Crippen LogP contribution in [0.3, 0.4) is 0 Å². The topological polar surface area (TPSA) is 51.8 Å². The fraction of sp³-hybridized carbons (Fsp3) is 0. The van der Waals surface area contributed by atoms with Crippen molar-refractivity contribution in [3.63, 3.8) is 0 Å². The molecule has 0 N–H and O–H groups in total. The standard InChI is InChI=1S/C47H27N3OS/c1-3-11-30-23-32(19-17-28(30)9-1)35-26-39(44-37-14-6-8-16-42(37)52-43(44)27-35)47-49-45(33-20-18-29-10-2-4-12-31(29)24-33)48-46(50-47)34-21-22-41-38(25-34)36-13-5-7-15-40(36)51-41/h1-27H. The first-order chi connectivity index (χ1) is 25.7. The second kappa shape index (κ2) is 11.4. The monoisotopic (exact) mass is 681 g/mol. The Morgan fingerprint density at radius 3 is 1.73 bits per heavy atom. The maximum Gasteiger partial charge on any atom is 0.164 e. The lowest BCUT2D eigenvalue weighted by atomic mass is 9.96. The normalized spacial score (nSPS) is 11.8. The minimum atomic E-state index is 0.615. The molecule has 3 heterocycles. The Kier molecular flexibility index (Phi) is 6.39. The van der Waals surface area contributed by atoms with E-state index in [0.717, 1.165) is 60.5 Å². The van der Waals surface area contributed by atoms with Crippen molar-refractivity contribution >= 4 is 75.0 Å². The minimum Gasteiger partial charge on any atom is -0.456 e. The Hall–Kier alpha value is -6.69. The van der Waals surface area contributed by atoms with Gasteiger partial charge in [-0.05, 0) is 87.3 Å². The van der Waals surface area contributed by atoms with E-state index in [9.17, 15) is 0 Å². The van der Waals surface area contributed by atoms with Crippen molar-refractivity contribution in [1.82, 2.24) is 15.0 Å². The number of thiophene rings is 1. The fourth-order valence-electron chi connectivity index (χ4n) is 7.51. The van der Waals surface area contributed by atoms with Gasteiger partial charge in [0.1, 0.15) is 11.2 Å². The van der Waals surface area contributed by atoms with Gasteiger partial charge in [0.15, 0.2) is 17.5 Å². The van der Waals surface area contributed by atoms with Crippen LogP contribution in [0.15, 0.2) is 168 Å². The molecule has 0 radical (unpaired) electrons. The summed E-state index contributed by atoms with van der Waals surface area (Å²) in [5, 5.41) is 9.20. The molecule has 3 aromatic heterocycles. The quantitative estimate of drug-likeness (QED) is 0.185. The molecule has 0 bridgehead atoms. The number of hydrogen-bond acceptors (Lipinski definition) is 5. The Morgan fingerprint density at radius 1 is 0.365 bits per heavy atom. The van der Waals surface area contributed by atoms with E-state index < -0.39 is 0 Å². The predicted octanol–water partition coefficient (Wildman–Crippen LogP) is 13.1. The van der Waals surface area contributed by atoms with Crippen molar-refractivity contribution in [3.8, 4) is 45.3 Å². The van der Waals surface area contributed by atoms with Gasteiger partial charge in [-0.2, -0.15) is 0 Å². The van der Waals surface area contributed by atoms with Gasteiger partial charge in [-0.3, -0.25) is 0 Å². The van der Waals surface area contributed by atoms with Crippen LogP contribution in [0.4, 0.5) is 0 Å². The number of benzene rings is 8. The summed E-state index contributed by atoms with van der Waals surface area (Å²) in [5.41, 5.74) is 6.81. The highest BCUT2D eigenvalue weighted by Gasteiger charge is 2.20. The molecule has 8 aromatic carbocycles. The van der Waals surface area contributed by atoms with Crippen LogP contribution in [0.1, 0.15) is 0 Å². The van der Waals surface area contributed by atoms with Crippen LogP contribution in [0.5, 0.6) is 0 Å². The Balaban J connectivity index is 1.19. The molecule has 0 aliphatic heterocycles. The van der Waals surface area contributed by atoms with Crippen molar-refractivity contribution in [2.45, 2.75) is 0 Å². The largest absolute Gasteiger partial charge is 0.456 e. The first-order valence-electron chi connectivity index (χ1n) is 17.3. The van der Waals surface area contributed by atoms with E-state index in [1.165, 1.54) is 30.9 Å². The Morgan fingerprint density at radius 2 is 0.942 bits per heavy atom. The molecule has 0 amide bonds. The second-order valence-corrected chi connectivity index (χ2v) is 14.3. The third-order valence-corrected chi connectivity index (χ3v) is 11.2. The molecule has 0 saturated heterocycles. The smallest absolute Gasteiger partial charge is 0.164 e. The van der Waals surface area contributed by atoms with Crippen molar-refractivity contribution in [1.29, 1.82) is 0 Å². The molecule has 4 nitrogen and oxygen atoms in total. The number of nitrogens with zero attached hydrogens (tertiary/aromatic N) is 3. The summed E-state index contributed by atoms with van der Waals surface area (Å²) >= 11 is 1.81. The molecule has 0 fully saturated rings. The van der Waals surface area contributed by atoms with Crippen molar-refractivity contribution in [3.05, 3.63) is 164 Å². The zero-order chi connectivity index (χ0) is 34.2. The summed E-state index contributed by atoms with van der Waals surface area (Å²) in [4.78, 5) is 15.8. The molecule has 0 atom stereocenters. The molecule has 11 rings (SSSR count). The molecule has 0 unspecified atom stereocenters.